The van der Waals surface area contributed by atoms with E-state index in [2.05, 4.69) is 42.4 Å². The minimum Gasteiger partial charge on any atom is -0.394 e. The number of likely N-dealkylation sites (N-methyl/N-ethyl adjacent to an activating group) is 1. The van der Waals surface area contributed by atoms with E-state index in [4.69, 9.17) is 0 Å². The number of nitrogens with zero attached hydrogens (tertiary/aromatic N) is 1. The van der Waals surface area contributed by atoms with E-state index in [0.717, 1.165) is 25.2 Å². The van der Waals surface area contributed by atoms with Gasteiger partial charge in [0.25, 0.3) is 0 Å². The number of hydrogen-bond acceptors (Lipinski definition) is 3. The Morgan fingerprint density at radius 3 is 2.88 bits per heavy atom. The normalized spacial score (nSPS) is 25.9. The molecule has 1 atom stereocenters. The van der Waals surface area contributed by atoms with Gasteiger partial charge in [0.2, 0.25) is 0 Å². The Bertz CT molecular complexity index is 367. The summed E-state index contributed by atoms with van der Waals surface area (Å²) in [5.41, 5.74) is 2.18. The highest BCUT2D eigenvalue weighted by Gasteiger charge is 2.35. The van der Waals surface area contributed by atoms with Crippen LogP contribution in [0.25, 0.3) is 0 Å². The summed E-state index contributed by atoms with van der Waals surface area (Å²) in [6.07, 6.45) is 0.994. The standard InChI is InChI=1S/C13H20N2O/c1-11-4-3-5-12(8-11)14-13(10-16)6-7-15(2)9-13/h3-5,8,14,16H,6-7,9-10H2,1-2H3. The highest BCUT2D eigenvalue weighted by Crippen LogP contribution is 2.25. The van der Waals surface area contributed by atoms with Crippen molar-refractivity contribution in [1.29, 1.82) is 0 Å². The Morgan fingerprint density at radius 2 is 2.31 bits per heavy atom. The zero-order valence-corrected chi connectivity index (χ0v) is 10.0. The number of aliphatic hydroxyl groups is 1. The van der Waals surface area contributed by atoms with Crippen molar-refractivity contribution in [3.63, 3.8) is 0 Å². The topological polar surface area (TPSA) is 35.5 Å². The van der Waals surface area contributed by atoms with Crippen molar-refractivity contribution >= 4 is 5.69 Å². The molecule has 3 heteroatoms. The monoisotopic (exact) mass is 220 g/mol. The smallest absolute Gasteiger partial charge is 0.0742 e. The SMILES string of the molecule is Cc1cccc(NC2(CO)CCN(C)C2)c1. The van der Waals surface area contributed by atoms with Gasteiger partial charge in [-0.1, -0.05) is 12.1 Å². The molecule has 0 aliphatic carbocycles. The minimum atomic E-state index is -0.164. The Balaban J connectivity index is 2.13. The molecule has 1 aliphatic heterocycles. The molecule has 0 radical (unpaired) electrons. The number of nitrogens with one attached hydrogen (secondary N) is 1. The second kappa shape index (κ2) is 4.44. The van der Waals surface area contributed by atoms with Crippen molar-refractivity contribution in [2.24, 2.45) is 0 Å². The highest BCUT2D eigenvalue weighted by molar-refractivity contribution is 5.48. The third kappa shape index (κ3) is 2.36. The lowest BCUT2D eigenvalue weighted by Crippen LogP contribution is -2.44. The van der Waals surface area contributed by atoms with E-state index in [0.29, 0.717) is 0 Å². The van der Waals surface area contributed by atoms with E-state index in [1.54, 1.807) is 0 Å². The number of likely N-dealkylation sites (tertiary alicyclic amines) is 1. The molecule has 1 heterocycles. The lowest BCUT2D eigenvalue weighted by Gasteiger charge is -2.29. The number of aliphatic hydroxyl groups excluding tert-OH is 1. The summed E-state index contributed by atoms with van der Waals surface area (Å²) in [4.78, 5) is 2.25. The van der Waals surface area contributed by atoms with Crippen molar-refractivity contribution in [2.75, 3.05) is 32.1 Å². The van der Waals surface area contributed by atoms with E-state index in [1.807, 2.05) is 6.07 Å². The second-order valence-corrected chi connectivity index (χ2v) is 4.92. The Labute approximate surface area is 97.1 Å². The van der Waals surface area contributed by atoms with E-state index >= 15 is 0 Å². The van der Waals surface area contributed by atoms with Gasteiger partial charge in [-0.05, 0) is 38.1 Å². The van der Waals surface area contributed by atoms with Crippen LogP contribution in [-0.2, 0) is 0 Å². The summed E-state index contributed by atoms with van der Waals surface area (Å²) in [6.45, 7) is 4.21. The number of anilines is 1. The first-order valence-corrected chi connectivity index (χ1v) is 5.78. The van der Waals surface area contributed by atoms with Crippen LogP contribution in [0.5, 0.6) is 0 Å². The maximum absolute atomic E-state index is 9.58. The van der Waals surface area contributed by atoms with Gasteiger partial charge in [-0.3, -0.25) is 0 Å². The number of benzene rings is 1. The summed E-state index contributed by atoms with van der Waals surface area (Å²) < 4.78 is 0. The van der Waals surface area contributed by atoms with E-state index < -0.39 is 0 Å². The molecule has 2 N–H and O–H groups in total. The molecule has 1 saturated heterocycles. The first-order chi connectivity index (χ1) is 7.63. The van der Waals surface area contributed by atoms with Gasteiger partial charge in [-0.25, -0.2) is 0 Å². The zero-order chi connectivity index (χ0) is 11.6. The zero-order valence-electron chi connectivity index (χ0n) is 10.0. The van der Waals surface area contributed by atoms with Crippen molar-refractivity contribution in [3.8, 4) is 0 Å². The molecule has 1 fully saturated rings. The number of aryl methyl sites for hydroxylation is 1. The van der Waals surface area contributed by atoms with Crippen LogP contribution in [0.1, 0.15) is 12.0 Å². The van der Waals surface area contributed by atoms with Gasteiger partial charge in [-0.2, -0.15) is 0 Å². The lowest BCUT2D eigenvalue weighted by atomic mass is 9.99. The Hall–Kier alpha value is -1.06. The van der Waals surface area contributed by atoms with Gasteiger partial charge >= 0.3 is 0 Å². The fourth-order valence-corrected chi connectivity index (χ4v) is 2.38. The van der Waals surface area contributed by atoms with Crippen molar-refractivity contribution < 1.29 is 5.11 Å². The third-order valence-corrected chi connectivity index (χ3v) is 3.27. The first-order valence-electron chi connectivity index (χ1n) is 5.78. The molecule has 3 nitrogen and oxygen atoms in total. The predicted octanol–water partition coefficient (Wildman–Crippen LogP) is 1.47. The van der Waals surface area contributed by atoms with Crippen LogP contribution in [0.2, 0.25) is 0 Å². The largest absolute Gasteiger partial charge is 0.394 e. The fraction of sp³-hybridized carbons (Fsp3) is 0.538. The van der Waals surface area contributed by atoms with Gasteiger partial charge in [0.05, 0.1) is 12.1 Å². The van der Waals surface area contributed by atoms with Gasteiger partial charge in [0, 0.05) is 18.8 Å². The number of hydrogen-bond donors (Lipinski definition) is 2. The molecule has 1 aromatic rings. The molecule has 0 aromatic heterocycles. The molecular formula is C13H20N2O. The quantitative estimate of drug-likeness (QED) is 0.810. The van der Waals surface area contributed by atoms with Gasteiger partial charge in [0.1, 0.15) is 0 Å². The van der Waals surface area contributed by atoms with Gasteiger partial charge in [0.15, 0.2) is 0 Å². The van der Waals surface area contributed by atoms with Crippen LogP contribution in [0, 0.1) is 6.92 Å². The predicted molar refractivity (Wildman–Crippen MR) is 66.7 cm³/mol. The van der Waals surface area contributed by atoms with Crippen LogP contribution in [-0.4, -0.2) is 42.3 Å². The molecule has 0 spiro atoms. The maximum atomic E-state index is 9.58. The fourth-order valence-electron chi connectivity index (χ4n) is 2.38. The van der Waals surface area contributed by atoms with Crippen molar-refractivity contribution in [3.05, 3.63) is 29.8 Å². The summed E-state index contributed by atoms with van der Waals surface area (Å²) in [5.74, 6) is 0. The van der Waals surface area contributed by atoms with E-state index in [9.17, 15) is 5.11 Å². The van der Waals surface area contributed by atoms with Crippen LogP contribution >= 0.6 is 0 Å². The molecule has 1 aromatic carbocycles. The summed E-state index contributed by atoms with van der Waals surface area (Å²) in [7, 11) is 2.09. The lowest BCUT2D eigenvalue weighted by molar-refractivity contribution is 0.212. The van der Waals surface area contributed by atoms with E-state index in [1.165, 1.54) is 5.56 Å². The van der Waals surface area contributed by atoms with Crippen molar-refractivity contribution in [1.82, 2.24) is 4.90 Å². The van der Waals surface area contributed by atoms with E-state index in [-0.39, 0.29) is 12.1 Å². The third-order valence-electron chi connectivity index (χ3n) is 3.27. The van der Waals surface area contributed by atoms with Crippen LogP contribution in [0.4, 0.5) is 5.69 Å². The molecule has 2 rings (SSSR count). The molecule has 1 aliphatic rings. The average molecular weight is 220 g/mol. The average Bonchev–Trinajstić information content (AvgIpc) is 2.61. The van der Waals surface area contributed by atoms with Crippen LogP contribution < -0.4 is 5.32 Å². The second-order valence-electron chi connectivity index (χ2n) is 4.92. The summed E-state index contributed by atoms with van der Waals surface area (Å²) in [6, 6.07) is 8.30. The molecule has 16 heavy (non-hydrogen) atoms. The first kappa shape index (κ1) is 11.4. The Morgan fingerprint density at radius 1 is 1.50 bits per heavy atom. The van der Waals surface area contributed by atoms with Gasteiger partial charge in [-0.15, -0.1) is 0 Å². The molecule has 88 valence electrons. The Kier molecular flexibility index (Phi) is 3.17. The molecule has 1 unspecified atom stereocenters. The highest BCUT2D eigenvalue weighted by atomic mass is 16.3. The van der Waals surface area contributed by atoms with Crippen LogP contribution in [0.15, 0.2) is 24.3 Å². The van der Waals surface area contributed by atoms with Gasteiger partial charge < -0.3 is 15.3 Å². The molecule has 0 amide bonds. The molecular weight excluding hydrogens is 200 g/mol. The maximum Gasteiger partial charge on any atom is 0.0742 e. The minimum absolute atomic E-state index is 0.164. The summed E-state index contributed by atoms with van der Waals surface area (Å²) >= 11 is 0. The summed E-state index contributed by atoms with van der Waals surface area (Å²) in [5, 5.41) is 13.1. The number of rotatable bonds is 3. The van der Waals surface area contributed by atoms with Crippen molar-refractivity contribution in [2.45, 2.75) is 18.9 Å². The van der Waals surface area contributed by atoms with Crippen LogP contribution in [0.3, 0.4) is 0 Å². The molecule has 0 bridgehead atoms. The molecule has 0 saturated carbocycles.